The van der Waals surface area contributed by atoms with E-state index in [0.717, 1.165) is 23.3 Å². The largest absolute Gasteiger partial charge is 0.497 e. The van der Waals surface area contributed by atoms with Crippen LogP contribution in [0, 0.1) is 5.92 Å². The lowest BCUT2D eigenvalue weighted by Crippen LogP contribution is -2.12. The average molecular weight is 244 g/mol. The Morgan fingerprint density at radius 3 is 2.56 bits per heavy atom. The zero-order valence-electron chi connectivity index (χ0n) is 10.4. The second-order valence-corrected chi connectivity index (χ2v) is 5.15. The molecule has 0 spiro atoms. The SMILES string of the molecule is COc1ccc2c(c1)C(=O)C1CCC(=O)CCC21. The number of hydrogen-bond acceptors (Lipinski definition) is 3. The third-order valence-electron chi connectivity index (χ3n) is 4.22. The third-order valence-corrected chi connectivity index (χ3v) is 4.22. The standard InChI is InChI=1S/C15H16O3/c1-18-10-4-7-12-11-5-2-9(16)3-6-13(11)15(17)14(12)8-10/h4,7-8,11,13H,2-3,5-6H2,1H3. The van der Waals surface area contributed by atoms with Gasteiger partial charge in [0.15, 0.2) is 5.78 Å². The molecule has 1 aromatic rings. The van der Waals surface area contributed by atoms with Gasteiger partial charge in [-0.3, -0.25) is 9.59 Å². The van der Waals surface area contributed by atoms with E-state index in [-0.39, 0.29) is 17.6 Å². The Hall–Kier alpha value is -1.64. The minimum atomic E-state index is 0.0126. The first kappa shape index (κ1) is 11.5. The van der Waals surface area contributed by atoms with Crippen LogP contribution in [0.4, 0.5) is 0 Å². The first-order chi connectivity index (χ1) is 8.70. The van der Waals surface area contributed by atoms with E-state index in [1.807, 2.05) is 18.2 Å². The number of carbonyl (C=O) groups excluding carboxylic acids is 2. The van der Waals surface area contributed by atoms with Gasteiger partial charge >= 0.3 is 0 Å². The summed E-state index contributed by atoms with van der Waals surface area (Å²) in [6, 6.07) is 5.74. The van der Waals surface area contributed by atoms with Gasteiger partial charge in [-0.1, -0.05) is 6.07 Å². The molecule has 2 unspecified atom stereocenters. The van der Waals surface area contributed by atoms with Gasteiger partial charge < -0.3 is 4.74 Å². The van der Waals surface area contributed by atoms with E-state index in [0.29, 0.717) is 25.0 Å². The van der Waals surface area contributed by atoms with Crippen LogP contribution in [0.3, 0.4) is 0 Å². The van der Waals surface area contributed by atoms with Crippen molar-refractivity contribution in [2.24, 2.45) is 5.92 Å². The van der Waals surface area contributed by atoms with Gasteiger partial charge in [-0.2, -0.15) is 0 Å². The third kappa shape index (κ3) is 1.65. The quantitative estimate of drug-likeness (QED) is 0.763. The second-order valence-electron chi connectivity index (χ2n) is 5.15. The summed E-state index contributed by atoms with van der Waals surface area (Å²) in [7, 11) is 1.61. The molecular formula is C15H16O3. The van der Waals surface area contributed by atoms with E-state index in [2.05, 4.69) is 0 Å². The average Bonchev–Trinajstić information content (AvgIpc) is 2.53. The van der Waals surface area contributed by atoms with Crippen LogP contribution >= 0.6 is 0 Å². The van der Waals surface area contributed by atoms with E-state index in [4.69, 9.17) is 4.74 Å². The van der Waals surface area contributed by atoms with Gasteiger partial charge in [0, 0.05) is 24.3 Å². The smallest absolute Gasteiger partial charge is 0.166 e. The lowest BCUT2D eigenvalue weighted by molar-refractivity contribution is -0.118. The minimum absolute atomic E-state index is 0.0126. The highest BCUT2D eigenvalue weighted by atomic mass is 16.5. The molecule has 18 heavy (non-hydrogen) atoms. The molecule has 94 valence electrons. The van der Waals surface area contributed by atoms with Gasteiger partial charge in [0.25, 0.3) is 0 Å². The van der Waals surface area contributed by atoms with Gasteiger partial charge in [0.2, 0.25) is 0 Å². The topological polar surface area (TPSA) is 43.4 Å². The molecule has 1 saturated carbocycles. The molecule has 1 aromatic carbocycles. The summed E-state index contributed by atoms with van der Waals surface area (Å²) in [4.78, 5) is 23.9. The summed E-state index contributed by atoms with van der Waals surface area (Å²) in [6.45, 7) is 0. The molecule has 2 atom stereocenters. The molecule has 3 rings (SSSR count). The Morgan fingerprint density at radius 2 is 1.83 bits per heavy atom. The van der Waals surface area contributed by atoms with Crippen molar-refractivity contribution >= 4 is 11.6 Å². The van der Waals surface area contributed by atoms with Gasteiger partial charge in [-0.05, 0) is 36.5 Å². The summed E-state index contributed by atoms with van der Waals surface area (Å²) < 4.78 is 5.18. The van der Waals surface area contributed by atoms with Crippen LogP contribution in [0.15, 0.2) is 18.2 Å². The lowest BCUT2D eigenvalue weighted by atomic mass is 9.88. The first-order valence-corrected chi connectivity index (χ1v) is 6.44. The molecule has 0 radical (unpaired) electrons. The molecule has 1 fully saturated rings. The Kier molecular flexibility index (Phi) is 2.69. The molecule has 2 aliphatic carbocycles. The van der Waals surface area contributed by atoms with Crippen LogP contribution < -0.4 is 4.74 Å². The van der Waals surface area contributed by atoms with E-state index in [9.17, 15) is 9.59 Å². The number of methoxy groups -OCH3 is 1. The molecule has 2 aliphatic rings. The van der Waals surface area contributed by atoms with Gasteiger partial charge in [0.05, 0.1) is 7.11 Å². The summed E-state index contributed by atoms with van der Waals surface area (Å²) in [5, 5.41) is 0. The number of Topliss-reactive ketones (excluding diaryl/α,β-unsaturated/α-hetero) is 2. The van der Waals surface area contributed by atoms with Crippen LogP contribution in [0.1, 0.15) is 47.5 Å². The monoisotopic (exact) mass is 244 g/mol. The highest BCUT2D eigenvalue weighted by Gasteiger charge is 2.41. The molecule has 0 saturated heterocycles. The van der Waals surface area contributed by atoms with Crippen molar-refractivity contribution < 1.29 is 14.3 Å². The van der Waals surface area contributed by atoms with Crippen molar-refractivity contribution in [2.75, 3.05) is 7.11 Å². The second kappa shape index (κ2) is 4.23. The molecule has 3 nitrogen and oxygen atoms in total. The van der Waals surface area contributed by atoms with Crippen molar-refractivity contribution in [3.63, 3.8) is 0 Å². The molecule has 3 heteroatoms. The first-order valence-electron chi connectivity index (χ1n) is 6.44. The number of hydrogen-bond donors (Lipinski definition) is 0. The van der Waals surface area contributed by atoms with Crippen LogP contribution in [-0.2, 0) is 4.79 Å². The van der Waals surface area contributed by atoms with Crippen molar-refractivity contribution in [2.45, 2.75) is 31.6 Å². The minimum Gasteiger partial charge on any atom is -0.497 e. The summed E-state index contributed by atoms with van der Waals surface area (Å²) >= 11 is 0. The van der Waals surface area contributed by atoms with Gasteiger partial charge in [0.1, 0.15) is 11.5 Å². The molecule has 0 heterocycles. The Morgan fingerprint density at radius 1 is 1.11 bits per heavy atom. The fraction of sp³-hybridized carbons (Fsp3) is 0.467. The number of benzene rings is 1. The Labute approximate surface area is 106 Å². The number of ether oxygens (including phenoxy) is 1. The van der Waals surface area contributed by atoms with Crippen LogP contribution in [0.5, 0.6) is 5.75 Å². The number of carbonyl (C=O) groups is 2. The fourth-order valence-corrected chi connectivity index (χ4v) is 3.25. The molecule has 0 N–H and O–H groups in total. The maximum atomic E-state index is 12.4. The van der Waals surface area contributed by atoms with Crippen molar-refractivity contribution in [1.29, 1.82) is 0 Å². The number of fused-ring (bicyclic) bond motifs is 3. The van der Waals surface area contributed by atoms with Crippen molar-refractivity contribution in [3.8, 4) is 5.75 Å². The predicted octanol–water partition coefficient (Wildman–Crippen LogP) is 2.73. The van der Waals surface area contributed by atoms with Gasteiger partial charge in [-0.25, -0.2) is 0 Å². The summed E-state index contributed by atoms with van der Waals surface area (Å²) in [6.07, 6.45) is 2.69. The highest BCUT2D eigenvalue weighted by molar-refractivity contribution is 6.04. The molecule has 0 bridgehead atoms. The highest BCUT2D eigenvalue weighted by Crippen LogP contribution is 2.45. The van der Waals surface area contributed by atoms with Crippen LogP contribution in [-0.4, -0.2) is 18.7 Å². The van der Waals surface area contributed by atoms with E-state index < -0.39 is 0 Å². The van der Waals surface area contributed by atoms with Crippen molar-refractivity contribution in [3.05, 3.63) is 29.3 Å². The lowest BCUT2D eigenvalue weighted by Gasteiger charge is -2.14. The maximum absolute atomic E-state index is 12.4. The van der Waals surface area contributed by atoms with E-state index in [1.165, 1.54) is 0 Å². The summed E-state index contributed by atoms with van der Waals surface area (Å²) in [5.74, 6) is 1.48. The van der Waals surface area contributed by atoms with Crippen molar-refractivity contribution in [1.82, 2.24) is 0 Å². The fourth-order valence-electron chi connectivity index (χ4n) is 3.25. The zero-order chi connectivity index (χ0) is 12.7. The number of rotatable bonds is 1. The molecular weight excluding hydrogens is 228 g/mol. The van der Waals surface area contributed by atoms with Gasteiger partial charge in [-0.15, -0.1) is 0 Å². The molecule has 0 aromatic heterocycles. The Balaban J connectivity index is 2.02. The zero-order valence-corrected chi connectivity index (χ0v) is 10.4. The Bertz CT molecular complexity index is 518. The molecule has 0 aliphatic heterocycles. The van der Waals surface area contributed by atoms with E-state index >= 15 is 0 Å². The predicted molar refractivity (Wildman–Crippen MR) is 67.0 cm³/mol. The summed E-state index contributed by atoms with van der Waals surface area (Å²) in [5.41, 5.74) is 1.92. The van der Waals surface area contributed by atoms with Crippen LogP contribution in [0.2, 0.25) is 0 Å². The molecule has 0 amide bonds. The maximum Gasteiger partial charge on any atom is 0.166 e. The number of ketones is 2. The normalized spacial score (nSPS) is 26.5. The van der Waals surface area contributed by atoms with E-state index in [1.54, 1.807) is 7.11 Å². The van der Waals surface area contributed by atoms with Crippen LogP contribution in [0.25, 0.3) is 0 Å².